The SMILES string of the molecule is CC(CN)(Cc1ccc(Cl)cc1)NCC1CC1. The van der Waals surface area contributed by atoms with Crippen molar-refractivity contribution in [3.63, 3.8) is 0 Å². The van der Waals surface area contributed by atoms with Crippen molar-refractivity contribution < 1.29 is 0 Å². The number of halogens is 1. The fraction of sp³-hybridized carbons (Fsp3) is 0.571. The molecule has 0 bridgehead atoms. The van der Waals surface area contributed by atoms with Crippen LogP contribution in [0.4, 0.5) is 0 Å². The van der Waals surface area contributed by atoms with E-state index in [1.54, 1.807) is 0 Å². The lowest BCUT2D eigenvalue weighted by atomic mass is 9.92. The summed E-state index contributed by atoms with van der Waals surface area (Å²) in [6, 6.07) is 8.04. The van der Waals surface area contributed by atoms with Crippen molar-refractivity contribution in [3.05, 3.63) is 34.9 Å². The Bertz CT molecular complexity index is 359. The highest BCUT2D eigenvalue weighted by Gasteiger charge is 2.27. The van der Waals surface area contributed by atoms with Gasteiger partial charge in [-0.15, -0.1) is 0 Å². The molecule has 1 aliphatic rings. The molecule has 17 heavy (non-hydrogen) atoms. The maximum atomic E-state index is 5.90. The summed E-state index contributed by atoms with van der Waals surface area (Å²) in [5.41, 5.74) is 7.18. The van der Waals surface area contributed by atoms with Gasteiger partial charge < -0.3 is 11.1 Å². The van der Waals surface area contributed by atoms with Crippen molar-refractivity contribution in [1.29, 1.82) is 0 Å². The lowest BCUT2D eigenvalue weighted by Gasteiger charge is -2.30. The minimum atomic E-state index is -0.00355. The van der Waals surface area contributed by atoms with Crippen LogP contribution in [-0.2, 0) is 6.42 Å². The van der Waals surface area contributed by atoms with E-state index < -0.39 is 0 Å². The number of hydrogen-bond acceptors (Lipinski definition) is 2. The molecule has 1 fully saturated rings. The zero-order chi connectivity index (χ0) is 12.3. The molecule has 0 radical (unpaired) electrons. The van der Waals surface area contributed by atoms with Gasteiger partial charge in [-0.2, -0.15) is 0 Å². The number of nitrogens with one attached hydrogen (secondary N) is 1. The molecule has 1 unspecified atom stereocenters. The van der Waals surface area contributed by atoms with Gasteiger partial charge in [0, 0.05) is 17.1 Å². The summed E-state index contributed by atoms with van der Waals surface area (Å²) in [5.74, 6) is 0.881. The topological polar surface area (TPSA) is 38.0 Å². The molecular weight excluding hydrogens is 232 g/mol. The van der Waals surface area contributed by atoms with Gasteiger partial charge in [0.15, 0.2) is 0 Å². The summed E-state index contributed by atoms with van der Waals surface area (Å²) in [4.78, 5) is 0. The van der Waals surface area contributed by atoms with Gasteiger partial charge in [-0.25, -0.2) is 0 Å². The largest absolute Gasteiger partial charge is 0.329 e. The monoisotopic (exact) mass is 252 g/mol. The Hall–Kier alpha value is -0.570. The Labute approximate surface area is 109 Å². The van der Waals surface area contributed by atoms with E-state index in [0.29, 0.717) is 6.54 Å². The van der Waals surface area contributed by atoms with Crippen LogP contribution in [0.25, 0.3) is 0 Å². The normalized spacial score (nSPS) is 19.0. The number of nitrogens with two attached hydrogens (primary N) is 1. The molecule has 3 N–H and O–H groups in total. The van der Waals surface area contributed by atoms with Crippen LogP contribution in [0.3, 0.4) is 0 Å². The van der Waals surface area contributed by atoms with Crippen LogP contribution in [0.2, 0.25) is 5.02 Å². The zero-order valence-electron chi connectivity index (χ0n) is 10.4. The highest BCUT2D eigenvalue weighted by molar-refractivity contribution is 6.30. The minimum absolute atomic E-state index is 0.00355. The summed E-state index contributed by atoms with van der Waals surface area (Å²) in [6.45, 7) is 3.95. The third kappa shape index (κ3) is 3.98. The summed E-state index contributed by atoms with van der Waals surface area (Å²) in [7, 11) is 0. The highest BCUT2D eigenvalue weighted by Crippen LogP contribution is 2.28. The average molecular weight is 253 g/mol. The molecule has 1 aliphatic carbocycles. The molecule has 1 aromatic carbocycles. The van der Waals surface area contributed by atoms with Crippen molar-refractivity contribution in [2.24, 2.45) is 11.7 Å². The van der Waals surface area contributed by atoms with Crippen LogP contribution in [-0.4, -0.2) is 18.6 Å². The molecule has 94 valence electrons. The standard InChI is InChI=1S/C14H21ClN2/c1-14(10-16,17-9-12-2-3-12)8-11-4-6-13(15)7-5-11/h4-7,12,17H,2-3,8-10,16H2,1H3. The molecule has 2 nitrogen and oxygen atoms in total. The van der Waals surface area contributed by atoms with Crippen LogP contribution >= 0.6 is 11.6 Å². The second-order valence-corrected chi connectivity index (χ2v) is 5.83. The van der Waals surface area contributed by atoms with E-state index in [1.807, 2.05) is 12.1 Å². The Kier molecular flexibility index (Phi) is 4.08. The van der Waals surface area contributed by atoms with E-state index in [-0.39, 0.29) is 5.54 Å². The molecule has 0 aromatic heterocycles. The summed E-state index contributed by atoms with van der Waals surface area (Å²) < 4.78 is 0. The van der Waals surface area contributed by atoms with E-state index in [1.165, 1.54) is 18.4 Å². The molecule has 0 heterocycles. The van der Waals surface area contributed by atoms with Gasteiger partial charge in [0.05, 0.1) is 0 Å². The summed E-state index contributed by atoms with van der Waals surface area (Å²) in [5, 5.41) is 4.40. The molecule has 1 aromatic rings. The van der Waals surface area contributed by atoms with Gasteiger partial charge in [0.1, 0.15) is 0 Å². The quantitative estimate of drug-likeness (QED) is 0.817. The van der Waals surface area contributed by atoms with Crippen molar-refractivity contribution in [1.82, 2.24) is 5.32 Å². The molecular formula is C14H21ClN2. The van der Waals surface area contributed by atoms with Crippen molar-refractivity contribution in [2.75, 3.05) is 13.1 Å². The Balaban J connectivity index is 1.94. The lowest BCUT2D eigenvalue weighted by Crippen LogP contribution is -2.51. The first-order valence-electron chi connectivity index (χ1n) is 6.31. The Morgan fingerprint density at radius 3 is 2.53 bits per heavy atom. The van der Waals surface area contributed by atoms with Crippen molar-refractivity contribution >= 4 is 11.6 Å². The minimum Gasteiger partial charge on any atom is -0.329 e. The molecule has 0 aliphatic heterocycles. The second kappa shape index (κ2) is 5.38. The lowest BCUT2D eigenvalue weighted by molar-refractivity contribution is 0.355. The van der Waals surface area contributed by atoms with E-state index in [0.717, 1.165) is 23.9 Å². The first-order valence-corrected chi connectivity index (χ1v) is 6.69. The number of rotatable bonds is 6. The molecule has 1 atom stereocenters. The van der Waals surface area contributed by atoms with Crippen molar-refractivity contribution in [2.45, 2.75) is 31.7 Å². The van der Waals surface area contributed by atoms with E-state index in [2.05, 4.69) is 24.4 Å². The van der Waals surface area contributed by atoms with Crippen LogP contribution in [0, 0.1) is 5.92 Å². The molecule has 0 amide bonds. The average Bonchev–Trinajstić information content (AvgIpc) is 3.14. The fourth-order valence-corrected chi connectivity index (χ4v) is 2.10. The first-order chi connectivity index (χ1) is 8.11. The van der Waals surface area contributed by atoms with Crippen LogP contribution in [0.1, 0.15) is 25.3 Å². The van der Waals surface area contributed by atoms with E-state index in [9.17, 15) is 0 Å². The van der Waals surface area contributed by atoms with Gasteiger partial charge in [-0.3, -0.25) is 0 Å². The molecule has 3 heteroatoms. The van der Waals surface area contributed by atoms with E-state index >= 15 is 0 Å². The van der Waals surface area contributed by atoms with Gasteiger partial charge in [0.2, 0.25) is 0 Å². The molecule has 2 rings (SSSR count). The third-order valence-corrected chi connectivity index (χ3v) is 3.72. The van der Waals surface area contributed by atoms with Gasteiger partial charge in [0.25, 0.3) is 0 Å². The third-order valence-electron chi connectivity index (χ3n) is 3.47. The van der Waals surface area contributed by atoms with Gasteiger partial charge in [-0.1, -0.05) is 23.7 Å². The Morgan fingerprint density at radius 1 is 1.35 bits per heavy atom. The molecule has 0 saturated heterocycles. The van der Waals surface area contributed by atoms with Crippen LogP contribution < -0.4 is 11.1 Å². The van der Waals surface area contributed by atoms with Gasteiger partial charge in [-0.05, 0) is 56.3 Å². The van der Waals surface area contributed by atoms with Gasteiger partial charge >= 0.3 is 0 Å². The Morgan fingerprint density at radius 2 is 2.00 bits per heavy atom. The number of benzene rings is 1. The summed E-state index contributed by atoms with van der Waals surface area (Å²) in [6.07, 6.45) is 3.69. The maximum Gasteiger partial charge on any atom is 0.0406 e. The van der Waals surface area contributed by atoms with Crippen LogP contribution in [0.15, 0.2) is 24.3 Å². The second-order valence-electron chi connectivity index (χ2n) is 5.39. The number of hydrogen-bond donors (Lipinski definition) is 2. The zero-order valence-corrected chi connectivity index (χ0v) is 11.1. The summed E-state index contributed by atoms with van der Waals surface area (Å²) >= 11 is 5.89. The highest BCUT2D eigenvalue weighted by atomic mass is 35.5. The smallest absolute Gasteiger partial charge is 0.0406 e. The predicted molar refractivity (Wildman–Crippen MR) is 73.3 cm³/mol. The van der Waals surface area contributed by atoms with Crippen LogP contribution in [0.5, 0.6) is 0 Å². The van der Waals surface area contributed by atoms with E-state index in [4.69, 9.17) is 17.3 Å². The fourth-order valence-electron chi connectivity index (χ4n) is 1.97. The maximum absolute atomic E-state index is 5.90. The predicted octanol–water partition coefficient (Wildman–Crippen LogP) is 2.60. The molecule has 0 spiro atoms. The van der Waals surface area contributed by atoms with Crippen molar-refractivity contribution in [3.8, 4) is 0 Å². The first kappa shape index (κ1) is 12.9. The molecule has 1 saturated carbocycles.